The number of rotatable bonds is 4. The van der Waals surface area contributed by atoms with Gasteiger partial charge in [0, 0.05) is 6.42 Å². The monoisotopic (exact) mass is 365 g/mol. The van der Waals surface area contributed by atoms with E-state index in [0.29, 0.717) is 5.56 Å². The van der Waals surface area contributed by atoms with E-state index >= 15 is 0 Å². The number of esters is 2. The quantitative estimate of drug-likeness (QED) is 0.626. The van der Waals surface area contributed by atoms with Crippen molar-refractivity contribution in [3.05, 3.63) is 29.8 Å². The minimum atomic E-state index is -1.07. The van der Waals surface area contributed by atoms with Crippen LogP contribution < -0.4 is 5.32 Å². The van der Waals surface area contributed by atoms with Crippen LogP contribution >= 0.6 is 0 Å². The van der Waals surface area contributed by atoms with Crippen molar-refractivity contribution in [2.75, 3.05) is 0 Å². The lowest BCUT2D eigenvalue weighted by Crippen LogP contribution is -2.48. The van der Waals surface area contributed by atoms with E-state index in [-0.39, 0.29) is 12.2 Å². The van der Waals surface area contributed by atoms with Gasteiger partial charge in [-0.1, -0.05) is 12.1 Å². The van der Waals surface area contributed by atoms with Gasteiger partial charge in [-0.2, -0.15) is 0 Å². The molecule has 1 atom stereocenters. The predicted octanol–water partition coefficient (Wildman–Crippen LogP) is 2.10. The van der Waals surface area contributed by atoms with Gasteiger partial charge in [-0.05, 0) is 59.2 Å². The number of phenolic OH excluding ortho intramolecular Hbond substituents is 1. The molecule has 0 fully saturated rings. The highest BCUT2D eigenvalue weighted by Gasteiger charge is 2.31. The van der Waals surface area contributed by atoms with E-state index in [9.17, 15) is 19.5 Å². The number of hydrogen-bond donors (Lipinski definition) is 2. The van der Waals surface area contributed by atoms with Gasteiger partial charge in [0.1, 0.15) is 23.0 Å². The first-order chi connectivity index (χ1) is 11.8. The number of amides is 1. The molecule has 2 N–H and O–H groups in total. The summed E-state index contributed by atoms with van der Waals surface area (Å²) in [5.41, 5.74) is -0.892. The third-order valence-corrected chi connectivity index (χ3v) is 2.96. The van der Waals surface area contributed by atoms with Crippen molar-refractivity contribution in [2.24, 2.45) is 0 Å². The SMILES string of the molecule is CC(C)(C)OC(=O)C(=O)N[C@@H](Cc1ccc(O)cc1)C(=O)OC(C)(C)C. The summed E-state index contributed by atoms with van der Waals surface area (Å²) in [6.45, 7) is 10.0. The van der Waals surface area contributed by atoms with Gasteiger partial charge in [-0.25, -0.2) is 9.59 Å². The topological polar surface area (TPSA) is 102 Å². The van der Waals surface area contributed by atoms with Crippen LogP contribution in [0.4, 0.5) is 0 Å². The molecule has 0 unspecified atom stereocenters. The molecule has 0 bridgehead atoms. The molecule has 0 saturated heterocycles. The molecule has 0 aliphatic rings. The Hall–Kier alpha value is -2.57. The molecule has 0 radical (unpaired) electrons. The summed E-state index contributed by atoms with van der Waals surface area (Å²) >= 11 is 0. The number of ether oxygens (including phenoxy) is 2. The summed E-state index contributed by atoms with van der Waals surface area (Å²) in [5.74, 6) is -2.67. The fraction of sp³-hybridized carbons (Fsp3) is 0.526. The van der Waals surface area contributed by atoms with E-state index in [0.717, 1.165) is 0 Å². The zero-order chi connectivity index (χ0) is 20.1. The lowest BCUT2D eigenvalue weighted by atomic mass is 10.1. The highest BCUT2D eigenvalue weighted by Crippen LogP contribution is 2.15. The molecule has 1 aromatic carbocycles. The summed E-state index contributed by atoms with van der Waals surface area (Å²) in [6, 6.07) is 5.10. The van der Waals surface area contributed by atoms with Crippen molar-refractivity contribution >= 4 is 17.8 Å². The molecule has 7 heteroatoms. The highest BCUT2D eigenvalue weighted by atomic mass is 16.6. The molecule has 26 heavy (non-hydrogen) atoms. The van der Waals surface area contributed by atoms with Crippen LogP contribution in [0.15, 0.2) is 24.3 Å². The van der Waals surface area contributed by atoms with Crippen LogP contribution in [-0.4, -0.2) is 40.2 Å². The van der Waals surface area contributed by atoms with Crippen LogP contribution in [-0.2, 0) is 30.3 Å². The summed E-state index contributed by atoms with van der Waals surface area (Å²) in [5, 5.41) is 11.7. The molecule has 0 aliphatic heterocycles. The van der Waals surface area contributed by atoms with Gasteiger partial charge in [0.15, 0.2) is 0 Å². The van der Waals surface area contributed by atoms with Gasteiger partial charge in [0.25, 0.3) is 0 Å². The Balaban J connectivity index is 2.92. The number of hydrogen-bond acceptors (Lipinski definition) is 6. The van der Waals surface area contributed by atoms with Crippen LogP contribution in [0.5, 0.6) is 5.75 Å². The molecular weight excluding hydrogens is 338 g/mol. The smallest absolute Gasteiger partial charge is 0.397 e. The number of phenols is 1. The van der Waals surface area contributed by atoms with Crippen molar-refractivity contribution in [3.8, 4) is 5.75 Å². The Labute approximate surface area is 153 Å². The van der Waals surface area contributed by atoms with E-state index in [1.165, 1.54) is 12.1 Å². The van der Waals surface area contributed by atoms with Gasteiger partial charge < -0.3 is 19.9 Å². The molecular formula is C19H27NO6. The van der Waals surface area contributed by atoms with Crippen molar-refractivity contribution in [2.45, 2.75) is 65.2 Å². The second-order valence-electron chi connectivity index (χ2n) is 7.93. The van der Waals surface area contributed by atoms with Crippen molar-refractivity contribution < 1.29 is 29.0 Å². The summed E-state index contributed by atoms with van der Waals surface area (Å²) < 4.78 is 10.3. The molecule has 1 rings (SSSR count). The van der Waals surface area contributed by atoms with Crippen LogP contribution in [0.25, 0.3) is 0 Å². The van der Waals surface area contributed by atoms with Gasteiger partial charge in [0.05, 0.1) is 0 Å². The van der Waals surface area contributed by atoms with E-state index < -0.39 is 35.1 Å². The molecule has 0 saturated carbocycles. The maximum atomic E-state index is 12.4. The minimum Gasteiger partial charge on any atom is -0.508 e. The van der Waals surface area contributed by atoms with Crippen molar-refractivity contribution in [3.63, 3.8) is 0 Å². The third-order valence-electron chi connectivity index (χ3n) is 2.96. The average molecular weight is 365 g/mol. The van der Waals surface area contributed by atoms with E-state index in [1.54, 1.807) is 53.7 Å². The maximum Gasteiger partial charge on any atom is 0.397 e. The van der Waals surface area contributed by atoms with E-state index in [2.05, 4.69) is 5.32 Å². The first kappa shape index (κ1) is 21.5. The zero-order valence-corrected chi connectivity index (χ0v) is 16.1. The molecule has 0 heterocycles. The average Bonchev–Trinajstić information content (AvgIpc) is 2.45. The fourth-order valence-corrected chi connectivity index (χ4v) is 1.98. The van der Waals surface area contributed by atoms with Crippen LogP contribution in [0, 0.1) is 0 Å². The molecule has 1 aromatic rings. The van der Waals surface area contributed by atoms with E-state index in [4.69, 9.17) is 9.47 Å². The predicted molar refractivity (Wildman–Crippen MR) is 95.4 cm³/mol. The number of carbonyl (C=O) groups is 3. The Morgan fingerprint density at radius 1 is 0.962 bits per heavy atom. The van der Waals surface area contributed by atoms with Crippen LogP contribution in [0.1, 0.15) is 47.1 Å². The van der Waals surface area contributed by atoms with Gasteiger partial charge >= 0.3 is 17.8 Å². The highest BCUT2D eigenvalue weighted by molar-refractivity contribution is 6.33. The normalized spacial score (nSPS) is 12.8. The number of nitrogens with one attached hydrogen (secondary N) is 1. The molecule has 0 spiro atoms. The molecule has 1 amide bonds. The molecule has 144 valence electrons. The summed E-state index contributed by atoms with van der Waals surface area (Å²) in [7, 11) is 0. The molecule has 7 nitrogen and oxygen atoms in total. The molecule has 0 aromatic heterocycles. The summed E-state index contributed by atoms with van der Waals surface area (Å²) in [6.07, 6.45) is 0.101. The summed E-state index contributed by atoms with van der Waals surface area (Å²) in [4.78, 5) is 36.4. The Kier molecular flexibility index (Phi) is 6.78. The van der Waals surface area contributed by atoms with E-state index in [1.807, 2.05) is 0 Å². The Morgan fingerprint density at radius 3 is 1.92 bits per heavy atom. The third kappa shape index (κ3) is 8.00. The lowest BCUT2D eigenvalue weighted by molar-refractivity contribution is -0.165. The maximum absolute atomic E-state index is 12.4. The zero-order valence-electron chi connectivity index (χ0n) is 16.1. The first-order valence-electron chi connectivity index (χ1n) is 8.31. The first-order valence-corrected chi connectivity index (χ1v) is 8.31. The lowest BCUT2D eigenvalue weighted by Gasteiger charge is -2.25. The second-order valence-corrected chi connectivity index (χ2v) is 7.93. The van der Waals surface area contributed by atoms with Gasteiger partial charge in [0.2, 0.25) is 0 Å². The number of aromatic hydroxyl groups is 1. The van der Waals surface area contributed by atoms with Gasteiger partial charge in [-0.15, -0.1) is 0 Å². The molecule has 0 aliphatic carbocycles. The van der Waals surface area contributed by atoms with Crippen LogP contribution in [0.3, 0.4) is 0 Å². The number of benzene rings is 1. The van der Waals surface area contributed by atoms with Crippen molar-refractivity contribution in [1.82, 2.24) is 5.32 Å². The van der Waals surface area contributed by atoms with Gasteiger partial charge in [-0.3, -0.25) is 4.79 Å². The Morgan fingerprint density at radius 2 is 1.46 bits per heavy atom. The number of carbonyl (C=O) groups excluding carboxylic acids is 3. The Bertz CT molecular complexity index is 652. The minimum absolute atomic E-state index is 0.0837. The standard InChI is InChI=1S/C19H27NO6/c1-18(2,3)25-16(23)14(11-12-7-9-13(21)10-8-12)20-15(22)17(24)26-19(4,5)6/h7-10,14,21H,11H2,1-6H3,(H,20,22)/t14-/m0/s1. The van der Waals surface area contributed by atoms with Crippen molar-refractivity contribution in [1.29, 1.82) is 0 Å². The fourth-order valence-electron chi connectivity index (χ4n) is 1.98. The largest absolute Gasteiger partial charge is 0.508 e. The second kappa shape index (κ2) is 8.21. The van der Waals surface area contributed by atoms with Crippen LogP contribution in [0.2, 0.25) is 0 Å².